The Morgan fingerprint density at radius 2 is 2.05 bits per heavy atom. The molecule has 0 aliphatic carbocycles. The van der Waals surface area contributed by atoms with Crippen LogP contribution in [0, 0.1) is 0 Å². The Labute approximate surface area is 123 Å². The van der Waals surface area contributed by atoms with E-state index in [0.717, 1.165) is 11.3 Å². The quantitative estimate of drug-likeness (QED) is 0.915. The summed E-state index contributed by atoms with van der Waals surface area (Å²) >= 11 is 1.75. The van der Waals surface area contributed by atoms with E-state index in [1.54, 1.807) is 24.2 Å². The summed E-state index contributed by atoms with van der Waals surface area (Å²) in [5, 5.41) is 3.01. The van der Waals surface area contributed by atoms with Crippen molar-refractivity contribution < 1.29 is 4.79 Å². The van der Waals surface area contributed by atoms with Crippen LogP contribution in [-0.2, 0) is 5.75 Å². The van der Waals surface area contributed by atoms with E-state index >= 15 is 0 Å². The van der Waals surface area contributed by atoms with E-state index in [4.69, 9.17) is 0 Å². The Bertz CT molecular complexity index is 572. The van der Waals surface area contributed by atoms with Gasteiger partial charge in [-0.25, -0.2) is 0 Å². The lowest BCUT2D eigenvalue weighted by molar-refractivity contribution is 0.0940. The van der Waals surface area contributed by atoms with Crippen molar-refractivity contribution in [2.45, 2.75) is 18.7 Å². The number of pyridine rings is 1. The summed E-state index contributed by atoms with van der Waals surface area (Å²) in [4.78, 5) is 16.2. The van der Waals surface area contributed by atoms with Gasteiger partial charge in [-0.15, -0.1) is 0 Å². The monoisotopic (exact) mass is 286 g/mol. The fourth-order valence-corrected chi connectivity index (χ4v) is 2.50. The van der Waals surface area contributed by atoms with Gasteiger partial charge in [0, 0.05) is 23.7 Å². The van der Waals surface area contributed by atoms with Gasteiger partial charge < -0.3 is 5.32 Å². The van der Waals surface area contributed by atoms with Crippen molar-refractivity contribution in [3.63, 3.8) is 0 Å². The molecule has 1 aromatic carbocycles. The molecule has 0 aliphatic heterocycles. The van der Waals surface area contributed by atoms with Crippen molar-refractivity contribution in [1.29, 1.82) is 0 Å². The first kappa shape index (κ1) is 14.6. The second kappa shape index (κ2) is 7.10. The molecule has 0 bridgehead atoms. The number of nitrogens with one attached hydrogen (secondary N) is 1. The first-order chi connectivity index (χ1) is 9.70. The average Bonchev–Trinajstić information content (AvgIpc) is 2.48. The van der Waals surface area contributed by atoms with Gasteiger partial charge in [0.1, 0.15) is 0 Å². The third kappa shape index (κ3) is 3.84. The second-order valence-corrected chi connectivity index (χ2v) is 5.48. The Morgan fingerprint density at radius 1 is 1.30 bits per heavy atom. The molecule has 0 radical (unpaired) electrons. The summed E-state index contributed by atoms with van der Waals surface area (Å²) in [6, 6.07) is 11.6. The lowest BCUT2D eigenvalue weighted by Gasteiger charge is -2.14. The lowest BCUT2D eigenvalue weighted by Crippen LogP contribution is -2.26. The van der Waals surface area contributed by atoms with Crippen molar-refractivity contribution in [2.24, 2.45) is 0 Å². The fourth-order valence-electron chi connectivity index (χ4n) is 1.98. The summed E-state index contributed by atoms with van der Waals surface area (Å²) in [5.74, 6) is 0.873. The number of carbonyl (C=O) groups excluding carboxylic acids is 1. The van der Waals surface area contributed by atoms with Gasteiger partial charge in [0.25, 0.3) is 5.91 Å². The lowest BCUT2D eigenvalue weighted by atomic mass is 10.1. The Morgan fingerprint density at radius 3 is 2.75 bits per heavy atom. The van der Waals surface area contributed by atoms with Crippen LogP contribution in [0.15, 0.2) is 48.8 Å². The van der Waals surface area contributed by atoms with Gasteiger partial charge in [-0.05, 0) is 48.6 Å². The SMILES string of the molecule is CSCc1cccc(C(=O)NC(C)c2ccncc2)c1. The molecule has 1 unspecified atom stereocenters. The maximum absolute atomic E-state index is 12.3. The highest BCUT2D eigenvalue weighted by atomic mass is 32.2. The van der Waals surface area contributed by atoms with Crippen LogP contribution in [0.3, 0.4) is 0 Å². The van der Waals surface area contributed by atoms with Crippen molar-refractivity contribution in [1.82, 2.24) is 10.3 Å². The number of benzene rings is 1. The number of amides is 1. The maximum Gasteiger partial charge on any atom is 0.251 e. The number of nitrogens with zero attached hydrogens (tertiary/aromatic N) is 1. The predicted molar refractivity (Wildman–Crippen MR) is 83.8 cm³/mol. The van der Waals surface area contributed by atoms with Crippen molar-refractivity contribution >= 4 is 17.7 Å². The van der Waals surface area contributed by atoms with Crippen LogP contribution in [0.1, 0.15) is 34.5 Å². The largest absolute Gasteiger partial charge is 0.346 e. The Hall–Kier alpha value is -1.81. The number of thioether (sulfide) groups is 1. The van der Waals surface area contributed by atoms with Crippen LogP contribution in [-0.4, -0.2) is 17.1 Å². The van der Waals surface area contributed by atoms with Crippen LogP contribution < -0.4 is 5.32 Å². The molecule has 4 heteroatoms. The Kier molecular flexibility index (Phi) is 5.18. The highest BCUT2D eigenvalue weighted by molar-refractivity contribution is 7.97. The van der Waals surface area contributed by atoms with Gasteiger partial charge in [-0.3, -0.25) is 9.78 Å². The molecule has 1 heterocycles. The first-order valence-corrected chi connectivity index (χ1v) is 7.88. The minimum absolute atomic E-state index is 0.0327. The van der Waals surface area contributed by atoms with Crippen LogP contribution in [0.4, 0.5) is 0 Å². The van der Waals surface area contributed by atoms with Crippen molar-refractivity contribution in [3.8, 4) is 0 Å². The van der Waals surface area contributed by atoms with Crippen LogP contribution in [0.2, 0.25) is 0 Å². The van der Waals surface area contributed by atoms with Crippen molar-refractivity contribution in [3.05, 3.63) is 65.5 Å². The molecule has 2 rings (SSSR count). The standard InChI is InChI=1S/C16H18N2OS/c1-12(14-6-8-17-9-7-14)18-16(19)15-5-3-4-13(10-15)11-20-2/h3-10,12H,11H2,1-2H3,(H,18,19). The molecule has 0 saturated heterocycles. The fraction of sp³-hybridized carbons (Fsp3) is 0.250. The molecule has 20 heavy (non-hydrogen) atoms. The molecule has 1 atom stereocenters. The van der Waals surface area contributed by atoms with Crippen LogP contribution in [0.25, 0.3) is 0 Å². The third-order valence-electron chi connectivity index (χ3n) is 3.05. The molecule has 3 nitrogen and oxygen atoms in total. The first-order valence-electron chi connectivity index (χ1n) is 6.49. The maximum atomic E-state index is 12.3. The zero-order valence-corrected chi connectivity index (χ0v) is 12.5. The topological polar surface area (TPSA) is 42.0 Å². The van der Waals surface area contributed by atoms with E-state index in [1.165, 1.54) is 5.56 Å². The molecule has 1 N–H and O–H groups in total. The van der Waals surface area contributed by atoms with E-state index in [2.05, 4.69) is 16.6 Å². The highest BCUT2D eigenvalue weighted by Gasteiger charge is 2.11. The normalized spacial score (nSPS) is 11.9. The van der Waals surface area contributed by atoms with E-state index in [1.807, 2.05) is 43.3 Å². The zero-order valence-electron chi connectivity index (χ0n) is 11.7. The predicted octanol–water partition coefficient (Wildman–Crippen LogP) is 3.44. The van der Waals surface area contributed by atoms with Gasteiger partial charge in [-0.2, -0.15) is 11.8 Å². The zero-order chi connectivity index (χ0) is 14.4. The molecule has 2 aromatic rings. The molecule has 0 saturated carbocycles. The van der Waals surface area contributed by atoms with Gasteiger partial charge >= 0.3 is 0 Å². The van der Waals surface area contributed by atoms with Gasteiger partial charge in [0.05, 0.1) is 6.04 Å². The molecule has 1 aromatic heterocycles. The van der Waals surface area contributed by atoms with Gasteiger partial charge in [0.2, 0.25) is 0 Å². The number of hydrogen-bond donors (Lipinski definition) is 1. The van der Waals surface area contributed by atoms with Gasteiger partial charge in [0.15, 0.2) is 0 Å². The minimum atomic E-state index is -0.0442. The third-order valence-corrected chi connectivity index (χ3v) is 3.68. The number of rotatable bonds is 5. The summed E-state index contributed by atoms with van der Waals surface area (Å²) in [5.41, 5.74) is 2.92. The molecular formula is C16H18N2OS. The number of aromatic nitrogens is 1. The molecule has 1 amide bonds. The number of hydrogen-bond acceptors (Lipinski definition) is 3. The highest BCUT2D eigenvalue weighted by Crippen LogP contribution is 2.14. The summed E-state index contributed by atoms with van der Waals surface area (Å²) in [7, 11) is 0. The molecule has 104 valence electrons. The minimum Gasteiger partial charge on any atom is -0.346 e. The average molecular weight is 286 g/mol. The summed E-state index contributed by atoms with van der Waals surface area (Å²) in [6.07, 6.45) is 5.52. The number of carbonyl (C=O) groups is 1. The van der Waals surface area contributed by atoms with E-state index < -0.39 is 0 Å². The summed E-state index contributed by atoms with van der Waals surface area (Å²) in [6.45, 7) is 1.97. The second-order valence-electron chi connectivity index (χ2n) is 4.61. The van der Waals surface area contributed by atoms with E-state index in [0.29, 0.717) is 5.56 Å². The smallest absolute Gasteiger partial charge is 0.251 e. The van der Waals surface area contributed by atoms with Crippen LogP contribution >= 0.6 is 11.8 Å². The molecule has 0 fully saturated rings. The van der Waals surface area contributed by atoms with Crippen LogP contribution in [0.5, 0.6) is 0 Å². The Balaban J connectivity index is 2.06. The van der Waals surface area contributed by atoms with Crippen molar-refractivity contribution in [2.75, 3.05) is 6.26 Å². The summed E-state index contributed by atoms with van der Waals surface area (Å²) < 4.78 is 0. The molecule has 0 spiro atoms. The molecule has 0 aliphatic rings. The van der Waals surface area contributed by atoms with E-state index in [9.17, 15) is 4.79 Å². The molecular weight excluding hydrogens is 268 g/mol. The van der Waals surface area contributed by atoms with E-state index in [-0.39, 0.29) is 11.9 Å². The van der Waals surface area contributed by atoms with Gasteiger partial charge in [-0.1, -0.05) is 12.1 Å².